The quantitative estimate of drug-likeness (QED) is 0.907. The molecule has 0 aliphatic carbocycles. The second-order valence-electron chi connectivity index (χ2n) is 5.83. The normalized spacial score (nSPS) is 15.6. The molecule has 1 aliphatic heterocycles. The lowest BCUT2D eigenvalue weighted by Gasteiger charge is -2.30. The Morgan fingerprint density at radius 2 is 1.86 bits per heavy atom. The van der Waals surface area contributed by atoms with Crippen LogP contribution in [-0.2, 0) is 10.5 Å². The number of hydrogen-bond donors (Lipinski definition) is 1. The minimum atomic E-state index is -0.0753. The first-order chi connectivity index (χ1) is 10.6. The molecule has 4 nitrogen and oxygen atoms in total. The molecule has 1 N–H and O–H groups in total. The summed E-state index contributed by atoms with van der Waals surface area (Å²) < 4.78 is 0. The van der Waals surface area contributed by atoms with Crippen LogP contribution < -0.4 is 5.32 Å². The van der Waals surface area contributed by atoms with Crippen molar-refractivity contribution in [2.45, 2.75) is 25.5 Å². The van der Waals surface area contributed by atoms with Gasteiger partial charge in [-0.05, 0) is 36.5 Å². The number of carbonyl (C=O) groups excluding carboxylic acids is 2. The molecule has 0 bridgehead atoms. The second-order valence-corrected chi connectivity index (χ2v) is 6.82. The van der Waals surface area contributed by atoms with Gasteiger partial charge < -0.3 is 10.2 Å². The predicted molar refractivity (Wildman–Crippen MR) is 91.0 cm³/mol. The summed E-state index contributed by atoms with van der Waals surface area (Å²) in [7, 11) is 1.62. The molecule has 5 heteroatoms. The highest BCUT2D eigenvalue weighted by Gasteiger charge is 2.19. The topological polar surface area (TPSA) is 49.4 Å². The Morgan fingerprint density at radius 1 is 1.23 bits per heavy atom. The third kappa shape index (κ3) is 4.77. The molecule has 1 aliphatic rings. The van der Waals surface area contributed by atoms with E-state index < -0.39 is 0 Å². The van der Waals surface area contributed by atoms with Crippen LogP contribution in [-0.4, -0.2) is 42.6 Å². The van der Waals surface area contributed by atoms with Gasteiger partial charge in [0.2, 0.25) is 5.91 Å². The lowest BCUT2D eigenvalue weighted by atomic mass is 9.99. The van der Waals surface area contributed by atoms with Gasteiger partial charge in [0.25, 0.3) is 5.91 Å². The van der Waals surface area contributed by atoms with Crippen molar-refractivity contribution in [3.05, 3.63) is 35.4 Å². The van der Waals surface area contributed by atoms with Crippen LogP contribution in [0, 0.1) is 5.92 Å². The van der Waals surface area contributed by atoms with E-state index in [9.17, 15) is 9.59 Å². The molecule has 0 unspecified atom stereocenters. The van der Waals surface area contributed by atoms with Crippen molar-refractivity contribution < 1.29 is 9.59 Å². The second kappa shape index (κ2) is 8.22. The molecular formula is C17H24N2O2S. The fourth-order valence-corrected chi connectivity index (χ4v) is 3.39. The fourth-order valence-electron chi connectivity index (χ4n) is 2.50. The Hall–Kier alpha value is -1.49. The van der Waals surface area contributed by atoms with Crippen LogP contribution in [0.25, 0.3) is 0 Å². The maximum absolute atomic E-state index is 12.1. The summed E-state index contributed by atoms with van der Waals surface area (Å²) in [5, 5.41) is 2.60. The molecule has 22 heavy (non-hydrogen) atoms. The number of rotatable bonds is 5. The molecule has 2 amide bonds. The van der Waals surface area contributed by atoms with Crippen molar-refractivity contribution in [1.29, 1.82) is 0 Å². The molecule has 0 atom stereocenters. The predicted octanol–water partition coefficient (Wildman–Crippen LogP) is 2.54. The molecule has 1 heterocycles. The van der Waals surface area contributed by atoms with Crippen molar-refractivity contribution >= 4 is 23.6 Å². The van der Waals surface area contributed by atoms with E-state index in [2.05, 4.69) is 12.2 Å². The van der Waals surface area contributed by atoms with E-state index in [0.717, 1.165) is 43.2 Å². The van der Waals surface area contributed by atoms with Gasteiger partial charge in [0.1, 0.15) is 0 Å². The van der Waals surface area contributed by atoms with Crippen LogP contribution in [0.15, 0.2) is 24.3 Å². The van der Waals surface area contributed by atoms with E-state index in [-0.39, 0.29) is 11.8 Å². The molecule has 1 fully saturated rings. The molecule has 0 saturated carbocycles. The zero-order valence-corrected chi connectivity index (χ0v) is 14.1. The Labute approximate surface area is 136 Å². The summed E-state index contributed by atoms with van der Waals surface area (Å²) in [6.07, 6.45) is 2.24. The molecule has 2 rings (SSSR count). The van der Waals surface area contributed by atoms with E-state index in [0.29, 0.717) is 11.3 Å². The van der Waals surface area contributed by atoms with Gasteiger partial charge in [-0.15, -0.1) is 11.8 Å². The molecule has 0 aromatic heterocycles. The lowest BCUT2D eigenvalue weighted by molar-refractivity contribution is -0.129. The standard InChI is InChI=1S/C17H24N2O2S/c1-13-7-9-19(10-8-13)16(20)12-22-11-14-3-5-15(6-4-14)17(21)18-2/h3-6,13H,7-12H2,1-2H3,(H,18,21). The number of likely N-dealkylation sites (tertiary alicyclic amines) is 1. The molecular weight excluding hydrogens is 296 g/mol. The zero-order valence-electron chi connectivity index (χ0n) is 13.3. The molecule has 1 saturated heterocycles. The van der Waals surface area contributed by atoms with E-state index in [1.54, 1.807) is 18.8 Å². The summed E-state index contributed by atoms with van der Waals surface area (Å²) >= 11 is 1.64. The highest BCUT2D eigenvalue weighted by Crippen LogP contribution is 2.18. The van der Waals surface area contributed by atoms with Gasteiger partial charge in [0.15, 0.2) is 0 Å². The number of piperidine rings is 1. The minimum Gasteiger partial charge on any atom is -0.355 e. The summed E-state index contributed by atoms with van der Waals surface area (Å²) in [6.45, 7) is 4.06. The fraction of sp³-hybridized carbons (Fsp3) is 0.529. The van der Waals surface area contributed by atoms with Crippen molar-refractivity contribution in [2.24, 2.45) is 5.92 Å². The summed E-state index contributed by atoms with van der Waals surface area (Å²) in [5.74, 6) is 2.25. The highest BCUT2D eigenvalue weighted by molar-refractivity contribution is 7.99. The number of carbonyl (C=O) groups is 2. The van der Waals surface area contributed by atoms with Gasteiger partial charge in [-0.2, -0.15) is 0 Å². The van der Waals surface area contributed by atoms with Crippen molar-refractivity contribution in [3.63, 3.8) is 0 Å². The zero-order chi connectivity index (χ0) is 15.9. The molecule has 1 aromatic carbocycles. The average molecular weight is 320 g/mol. The van der Waals surface area contributed by atoms with Crippen molar-refractivity contribution in [1.82, 2.24) is 10.2 Å². The van der Waals surface area contributed by atoms with Gasteiger partial charge in [-0.1, -0.05) is 19.1 Å². The summed E-state index contributed by atoms with van der Waals surface area (Å²) in [5.41, 5.74) is 1.80. The van der Waals surface area contributed by atoms with Crippen LogP contribution >= 0.6 is 11.8 Å². The Morgan fingerprint density at radius 3 is 2.45 bits per heavy atom. The van der Waals surface area contributed by atoms with Crippen LogP contribution in [0.3, 0.4) is 0 Å². The number of hydrogen-bond acceptors (Lipinski definition) is 3. The lowest BCUT2D eigenvalue weighted by Crippen LogP contribution is -2.38. The van der Waals surface area contributed by atoms with E-state index >= 15 is 0 Å². The number of thioether (sulfide) groups is 1. The van der Waals surface area contributed by atoms with Crippen molar-refractivity contribution in [3.8, 4) is 0 Å². The third-order valence-electron chi connectivity index (χ3n) is 4.07. The monoisotopic (exact) mass is 320 g/mol. The van der Waals surface area contributed by atoms with Crippen molar-refractivity contribution in [2.75, 3.05) is 25.9 Å². The molecule has 0 radical (unpaired) electrons. The summed E-state index contributed by atoms with van der Waals surface area (Å²) in [6, 6.07) is 7.54. The largest absolute Gasteiger partial charge is 0.355 e. The summed E-state index contributed by atoms with van der Waals surface area (Å²) in [4.78, 5) is 25.6. The van der Waals surface area contributed by atoms with Gasteiger partial charge in [0, 0.05) is 31.5 Å². The maximum atomic E-state index is 12.1. The van der Waals surface area contributed by atoms with Crippen LogP contribution in [0.4, 0.5) is 0 Å². The highest BCUT2D eigenvalue weighted by atomic mass is 32.2. The van der Waals surface area contributed by atoms with E-state index in [4.69, 9.17) is 0 Å². The van der Waals surface area contributed by atoms with E-state index in [1.165, 1.54) is 0 Å². The maximum Gasteiger partial charge on any atom is 0.251 e. The Bertz CT molecular complexity index is 508. The van der Waals surface area contributed by atoms with Crippen LogP contribution in [0.5, 0.6) is 0 Å². The van der Waals surface area contributed by atoms with Gasteiger partial charge >= 0.3 is 0 Å². The number of benzene rings is 1. The first-order valence-electron chi connectivity index (χ1n) is 7.76. The average Bonchev–Trinajstić information content (AvgIpc) is 2.55. The van der Waals surface area contributed by atoms with Gasteiger partial charge in [-0.25, -0.2) is 0 Å². The molecule has 120 valence electrons. The Kier molecular flexibility index (Phi) is 6.31. The number of nitrogens with zero attached hydrogens (tertiary/aromatic N) is 1. The minimum absolute atomic E-state index is 0.0753. The number of nitrogens with one attached hydrogen (secondary N) is 1. The smallest absolute Gasteiger partial charge is 0.251 e. The third-order valence-corrected chi connectivity index (χ3v) is 5.06. The van der Waals surface area contributed by atoms with Crippen LogP contribution in [0.2, 0.25) is 0 Å². The molecule has 1 aromatic rings. The number of amides is 2. The van der Waals surface area contributed by atoms with Gasteiger partial charge in [0.05, 0.1) is 5.75 Å². The first-order valence-corrected chi connectivity index (χ1v) is 8.92. The van der Waals surface area contributed by atoms with Gasteiger partial charge in [-0.3, -0.25) is 9.59 Å². The Balaban J connectivity index is 1.74. The first kappa shape index (κ1) is 16.9. The molecule has 0 spiro atoms. The van der Waals surface area contributed by atoms with Crippen LogP contribution in [0.1, 0.15) is 35.7 Å². The SMILES string of the molecule is CNC(=O)c1ccc(CSCC(=O)N2CCC(C)CC2)cc1. The van der Waals surface area contributed by atoms with E-state index in [1.807, 2.05) is 29.2 Å².